The highest BCUT2D eigenvalue weighted by Gasteiger charge is 2.13. The third kappa shape index (κ3) is 3.11. The molecule has 0 aliphatic carbocycles. The van der Waals surface area contributed by atoms with Crippen LogP contribution >= 0.6 is 11.8 Å². The fourth-order valence-electron chi connectivity index (χ4n) is 1.67. The standard InChI is InChI=1S/C13H16FN3S/c1-15-12(11-7-8-17(2)16-11)9-18-13-6-4-3-5-10(13)14/h3-8,12,15H,9H2,1-2H3. The van der Waals surface area contributed by atoms with Crippen molar-refractivity contribution in [2.75, 3.05) is 12.8 Å². The van der Waals surface area contributed by atoms with Crippen molar-refractivity contribution in [1.29, 1.82) is 0 Å². The maximum atomic E-state index is 13.5. The molecule has 0 saturated carbocycles. The van der Waals surface area contributed by atoms with Crippen molar-refractivity contribution in [3.05, 3.63) is 48.0 Å². The molecular formula is C13H16FN3S. The zero-order valence-electron chi connectivity index (χ0n) is 10.4. The first kappa shape index (κ1) is 13.1. The minimum atomic E-state index is -0.168. The molecule has 1 aromatic carbocycles. The molecular weight excluding hydrogens is 249 g/mol. The van der Waals surface area contributed by atoms with Crippen LogP contribution in [0.15, 0.2) is 41.4 Å². The lowest BCUT2D eigenvalue weighted by molar-refractivity contribution is 0.598. The van der Waals surface area contributed by atoms with Gasteiger partial charge in [-0.25, -0.2) is 4.39 Å². The molecule has 1 aromatic heterocycles. The second-order valence-electron chi connectivity index (χ2n) is 4.00. The van der Waals surface area contributed by atoms with E-state index in [1.165, 1.54) is 17.8 Å². The Labute approximate surface area is 110 Å². The third-order valence-corrected chi connectivity index (χ3v) is 3.82. The van der Waals surface area contributed by atoms with Crippen LogP contribution in [0.4, 0.5) is 4.39 Å². The number of hydrogen-bond acceptors (Lipinski definition) is 3. The summed E-state index contributed by atoms with van der Waals surface area (Å²) < 4.78 is 15.3. The van der Waals surface area contributed by atoms with Crippen molar-refractivity contribution in [3.63, 3.8) is 0 Å². The lowest BCUT2D eigenvalue weighted by Crippen LogP contribution is -2.19. The van der Waals surface area contributed by atoms with Gasteiger partial charge in [-0.3, -0.25) is 4.68 Å². The van der Waals surface area contributed by atoms with Gasteiger partial charge in [0.2, 0.25) is 0 Å². The van der Waals surface area contributed by atoms with E-state index in [4.69, 9.17) is 0 Å². The molecule has 0 bridgehead atoms. The molecule has 96 valence electrons. The minimum absolute atomic E-state index is 0.121. The van der Waals surface area contributed by atoms with Crippen molar-refractivity contribution in [2.45, 2.75) is 10.9 Å². The van der Waals surface area contributed by atoms with E-state index in [1.807, 2.05) is 32.4 Å². The molecule has 1 N–H and O–H groups in total. The van der Waals surface area contributed by atoms with Crippen molar-refractivity contribution < 1.29 is 4.39 Å². The summed E-state index contributed by atoms with van der Waals surface area (Å²) in [5.41, 5.74) is 0.976. The van der Waals surface area contributed by atoms with Gasteiger partial charge >= 0.3 is 0 Å². The number of aryl methyl sites for hydroxylation is 1. The maximum Gasteiger partial charge on any atom is 0.136 e. The zero-order valence-corrected chi connectivity index (χ0v) is 11.2. The van der Waals surface area contributed by atoms with Crippen LogP contribution in [0.1, 0.15) is 11.7 Å². The van der Waals surface area contributed by atoms with Crippen LogP contribution in [0.2, 0.25) is 0 Å². The number of halogens is 1. The van der Waals surface area contributed by atoms with E-state index < -0.39 is 0 Å². The summed E-state index contributed by atoms with van der Waals surface area (Å²) >= 11 is 1.50. The predicted molar refractivity (Wildman–Crippen MR) is 72.1 cm³/mol. The van der Waals surface area contributed by atoms with Gasteiger partial charge in [0.15, 0.2) is 0 Å². The van der Waals surface area contributed by atoms with E-state index in [1.54, 1.807) is 16.8 Å². The molecule has 1 heterocycles. The Bertz CT molecular complexity index is 512. The fourth-order valence-corrected chi connectivity index (χ4v) is 2.73. The number of benzene rings is 1. The Morgan fingerprint density at radius 3 is 2.78 bits per heavy atom. The van der Waals surface area contributed by atoms with Gasteiger partial charge in [-0.2, -0.15) is 5.10 Å². The van der Waals surface area contributed by atoms with Crippen LogP contribution < -0.4 is 5.32 Å². The van der Waals surface area contributed by atoms with Gasteiger partial charge in [-0.1, -0.05) is 12.1 Å². The summed E-state index contributed by atoms with van der Waals surface area (Å²) in [4.78, 5) is 0.675. The Morgan fingerprint density at radius 2 is 2.17 bits per heavy atom. The first-order valence-corrected chi connectivity index (χ1v) is 6.73. The van der Waals surface area contributed by atoms with Gasteiger partial charge in [0, 0.05) is 23.9 Å². The number of nitrogens with zero attached hydrogens (tertiary/aromatic N) is 2. The van der Waals surface area contributed by atoms with E-state index in [-0.39, 0.29) is 11.9 Å². The molecule has 0 radical (unpaired) electrons. The highest BCUT2D eigenvalue weighted by atomic mass is 32.2. The largest absolute Gasteiger partial charge is 0.311 e. The minimum Gasteiger partial charge on any atom is -0.311 e. The van der Waals surface area contributed by atoms with Gasteiger partial charge in [0.05, 0.1) is 11.7 Å². The van der Waals surface area contributed by atoms with Crippen molar-refractivity contribution >= 4 is 11.8 Å². The van der Waals surface area contributed by atoms with E-state index in [9.17, 15) is 4.39 Å². The van der Waals surface area contributed by atoms with Crippen molar-refractivity contribution in [2.24, 2.45) is 7.05 Å². The van der Waals surface area contributed by atoms with Crippen LogP contribution in [0.5, 0.6) is 0 Å². The molecule has 2 rings (SSSR count). The molecule has 3 nitrogen and oxygen atoms in total. The summed E-state index contributed by atoms with van der Waals surface area (Å²) in [6.07, 6.45) is 1.91. The first-order chi connectivity index (χ1) is 8.70. The van der Waals surface area contributed by atoms with Crippen LogP contribution in [-0.2, 0) is 7.05 Å². The first-order valence-electron chi connectivity index (χ1n) is 5.75. The highest BCUT2D eigenvalue weighted by Crippen LogP contribution is 2.25. The highest BCUT2D eigenvalue weighted by molar-refractivity contribution is 7.99. The SMILES string of the molecule is CNC(CSc1ccccc1F)c1ccn(C)n1. The second kappa shape index (κ2) is 6.02. The molecule has 2 aromatic rings. The summed E-state index contributed by atoms with van der Waals surface area (Å²) in [7, 11) is 3.78. The van der Waals surface area contributed by atoms with E-state index >= 15 is 0 Å². The lowest BCUT2D eigenvalue weighted by Gasteiger charge is -2.13. The number of rotatable bonds is 5. The molecule has 0 saturated heterocycles. The van der Waals surface area contributed by atoms with Crippen LogP contribution in [0.3, 0.4) is 0 Å². The molecule has 1 atom stereocenters. The Balaban J connectivity index is 2.02. The third-order valence-electron chi connectivity index (χ3n) is 2.68. The summed E-state index contributed by atoms with van der Waals surface area (Å²) in [6.45, 7) is 0. The maximum absolute atomic E-state index is 13.5. The van der Waals surface area contributed by atoms with Crippen LogP contribution in [0.25, 0.3) is 0 Å². The Morgan fingerprint density at radius 1 is 1.39 bits per heavy atom. The fraction of sp³-hybridized carbons (Fsp3) is 0.308. The van der Waals surface area contributed by atoms with Crippen molar-refractivity contribution in [1.82, 2.24) is 15.1 Å². The predicted octanol–water partition coefficient (Wildman–Crippen LogP) is 2.61. The molecule has 0 amide bonds. The topological polar surface area (TPSA) is 29.9 Å². The molecule has 0 aliphatic rings. The number of nitrogens with one attached hydrogen (secondary N) is 1. The van der Waals surface area contributed by atoms with E-state index in [2.05, 4.69) is 10.4 Å². The van der Waals surface area contributed by atoms with Crippen LogP contribution in [-0.4, -0.2) is 22.6 Å². The summed E-state index contributed by atoms with van der Waals surface area (Å²) in [5, 5.41) is 7.57. The zero-order chi connectivity index (χ0) is 13.0. The summed E-state index contributed by atoms with van der Waals surface area (Å²) in [6, 6.07) is 8.93. The Kier molecular flexibility index (Phi) is 4.38. The monoisotopic (exact) mass is 265 g/mol. The average Bonchev–Trinajstić information content (AvgIpc) is 2.79. The molecule has 5 heteroatoms. The van der Waals surface area contributed by atoms with Gasteiger partial charge in [0.1, 0.15) is 5.82 Å². The molecule has 0 fully saturated rings. The van der Waals surface area contributed by atoms with Crippen molar-refractivity contribution in [3.8, 4) is 0 Å². The smallest absolute Gasteiger partial charge is 0.136 e. The average molecular weight is 265 g/mol. The second-order valence-corrected chi connectivity index (χ2v) is 5.06. The molecule has 0 spiro atoms. The Hall–Kier alpha value is -1.33. The van der Waals surface area contributed by atoms with Gasteiger partial charge in [-0.05, 0) is 25.2 Å². The quantitative estimate of drug-likeness (QED) is 0.843. The molecule has 1 unspecified atom stereocenters. The number of aromatic nitrogens is 2. The van der Waals surface area contributed by atoms with Gasteiger partial charge in [-0.15, -0.1) is 11.8 Å². The summed E-state index contributed by atoms with van der Waals surface area (Å²) in [5.74, 6) is 0.576. The number of hydrogen-bond donors (Lipinski definition) is 1. The lowest BCUT2D eigenvalue weighted by atomic mass is 10.2. The number of thioether (sulfide) groups is 1. The van der Waals surface area contributed by atoms with E-state index in [0.29, 0.717) is 4.90 Å². The van der Waals surface area contributed by atoms with Gasteiger partial charge in [0.25, 0.3) is 0 Å². The van der Waals surface area contributed by atoms with E-state index in [0.717, 1.165) is 11.4 Å². The van der Waals surface area contributed by atoms with Crippen LogP contribution in [0, 0.1) is 5.82 Å². The molecule has 0 aliphatic heterocycles. The normalized spacial score (nSPS) is 12.6. The molecule has 18 heavy (non-hydrogen) atoms. The van der Waals surface area contributed by atoms with Gasteiger partial charge < -0.3 is 5.32 Å².